The summed E-state index contributed by atoms with van der Waals surface area (Å²) in [7, 11) is 0. The molecule has 0 aromatic heterocycles. The molecule has 0 aromatic rings. The molecule has 2 heteroatoms. The lowest BCUT2D eigenvalue weighted by Gasteiger charge is -2.22. The van der Waals surface area contributed by atoms with Gasteiger partial charge in [0.05, 0.1) is 0 Å². The van der Waals surface area contributed by atoms with E-state index >= 15 is 0 Å². The monoisotopic (exact) mass is 336 g/mol. The van der Waals surface area contributed by atoms with E-state index in [4.69, 9.17) is 9.47 Å². The molecule has 1 aliphatic heterocycles. The largest absolute Gasteiger partial charge is 0.353 e. The molecule has 1 rings (SSSR count). The smallest absolute Gasteiger partial charge is 0.157 e. The molecule has 0 N–H and O–H groups in total. The zero-order chi connectivity index (χ0) is 17.1. The summed E-state index contributed by atoms with van der Waals surface area (Å²) in [6.45, 7) is 4.00. The van der Waals surface area contributed by atoms with Crippen molar-refractivity contribution in [1.82, 2.24) is 0 Å². The Bertz CT molecular complexity index is 310. The highest BCUT2D eigenvalue weighted by molar-refractivity contribution is 4.98. The summed E-state index contributed by atoms with van der Waals surface area (Å²) in [5, 5.41) is 0. The molecule has 0 aliphatic carbocycles. The molecule has 0 saturated carbocycles. The average Bonchev–Trinajstić information content (AvgIpc) is 2.62. The Morgan fingerprint density at radius 1 is 0.792 bits per heavy atom. The molecule has 0 radical (unpaired) electrons. The zero-order valence-electron chi connectivity index (χ0n) is 16.1. The zero-order valence-corrected chi connectivity index (χ0v) is 16.1. The van der Waals surface area contributed by atoms with Crippen LogP contribution in [0.1, 0.15) is 110 Å². The summed E-state index contributed by atoms with van der Waals surface area (Å²) in [6.07, 6.45) is 20.4. The minimum atomic E-state index is 0.0912. The normalized spacial score (nSPS) is 17.5. The van der Waals surface area contributed by atoms with Gasteiger partial charge in [-0.3, -0.25) is 0 Å². The van der Waals surface area contributed by atoms with E-state index in [1.807, 2.05) is 0 Å². The number of rotatable bonds is 14. The van der Waals surface area contributed by atoms with Crippen molar-refractivity contribution >= 4 is 0 Å². The van der Waals surface area contributed by atoms with Crippen molar-refractivity contribution in [3.05, 3.63) is 0 Å². The SMILES string of the molecule is CCCCCC#CCCCCCCCCCCOC1CCCCO1. The Morgan fingerprint density at radius 2 is 1.42 bits per heavy atom. The third-order valence-electron chi connectivity index (χ3n) is 4.67. The summed E-state index contributed by atoms with van der Waals surface area (Å²) in [5.74, 6) is 6.63. The highest BCUT2D eigenvalue weighted by atomic mass is 16.7. The maximum Gasteiger partial charge on any atom is 0.157 e. The van der Waals surface area contributed by atoms with E-state index in [0.29, 0.717) is 0 Å². The quantitative estimate of drug-likeness (QED) is 0.262. The number of ether oxygens (including phenoxy) is 2. The Labute approximate surface area is 151 Å². The van der Waals surface area contributed by atoms with Gasteiger partial charge in [-0.1, -0.05) is 58.3 Å². The standard InChI is InChI=1S/C22H40O2/c1-2-3-4-5-6-7-8-9-10-11-12-13-14-15-17-20-23-22-19-16-18-21-24-22/h22H,2-5,8-21H2,1H3. The molecule has 0 bridgehead atoms. The van der Waals surface area contributed by atoms with Crippen molar-refractivity contribution in [2.24, 2.45) is 0 Å². The molecular weight excluding hydrogens is 296 g/mol. The average molecular weight is 337 g/mol. The van der Waals surface area contributed by atoms with Crippen LogP contribution in [-0.2, 0) is 9.47 Å². The molecule has 140 valence electrons. The minimum Gasteiger partial charge on any atom is -0.353 e. The van der Waals surface area contributed by atoms with Crippen LogP contribution < -0.4 is 0 Å². The van der Waals surface area contributed by atoms with Crippen LogP contribution in [0.5, 0.6) is 0 Å². The van der Waals surface area contributed by atoms with Crippen molar-refractivity contribution in [2.75, 3.05) is 13.2 Å². The molecule has 0 amide bonds. The lowest BCUT2D eigenvalue weighted by molar-refractivity contribution is -0.162. The van der Waals surface area contributed by atoms with Crippen LogP contribution in [0.15, 0.2) is 0 Å². The van der Waals surface area contributed by atoms with E-state index in [1.165, 1.54) is 83.5 Å². The fraction of sp³-hybridized carbons (Fsp3) is 0.909. The summed E-state index contributed by atoms with van der Waals surface area (Å²) in [6, 6.07) is 0. The number of unbranched alkanes of at least 4 members (excludes halogenated alkanes) is 11. The fourth-order valence-corrected chi connectivity index (χ4v) is 3.07. The minimum absolute atomic E-state index is 0.0912. The summed E-state index contributed by atoms with van der Waals surface area (Å²) in [5.41, 5.74) is 0. The van der Waals surface area contributed by atoms with Gasteiger partial charge in [-0.2, -0.15) is 0 Å². The number of hydrogen-bond acceptors (Lipinski definition) is 2. The second-order valence-electron chi connectivity index (χ2n) is 7.06. The molecule has 0 aromatic carbocycles. The highest BCUT2D eigenvalue weighted by Crippen LogP contribution is 2.15. The van der Waals surface area contributed by atoms with Gasteiger partial charge in [0.25, 0.3) is 0 Å². The maximum atomic E-state index is 5.76. The first-order valence-corrected chi connectivity index (χ1v) is 10.6. The molecule has 2 nitrogen and oxygen atoms in total. The van der Waals surface area contributed by atoms with Crippen LogP contribution in [0.25, 0.3) is 0 Å². The second kappa shape index (κ2) is 17.3. The van der Waals surface area contributed by atoms with Crippen molar-refractivity contribution in [2.45, 2.75) is 116 Å². The van der Waals surface area contributed by atoms with E-state index in [9.17, 15) is 0 Å². The lowest BCUT2D eigenvalue weighted by atomic mass is 10.1. The molecule has 1 aliphatic rings. The predicted molar refractivity (Wildman–Crippen MR) is 103 cm³/mol. The van der Waals surface area contributed by atoms with Crippen molar-refractivity contribution in [1.29, 1.82) is 0 Å². The van der Waals surface area contributed by atoms with E-state index in [0.717, 1.165) is 32.5 Å². The third-order valence-corrected chi connectivity index (χ3v) is 4.67. The molecular formula is C22H40O2. The maximum absolute atomic E-state index is 5.76. The van der Waals surface area contributed by atoms with Crippen molar-refractivity contribution in [3.8, 4) is 11.8 Å². The number of hydrogen-bond donors (Lipinski definition) is 0. The Kier molecular flexibility index (Phi) is 15.5. The first-order valence-electron chi connectivity index (χ1n) is 10.6. The molecule has 1 unspecified atom stereocenters. The highest BCUT2D eigenvalue weighted by Gasteiger charge is 2.13. The molecule has 1 saturated heterocycles. The molecule has 1 atom stereocenters. The topological polar surface area (TPSA) is 18.5 Å². The van der Waals surface area contributed by atoms with Crippen LogP contribution in [0.3, 0.4) is 0 Å². The van der Waals surface area contributed by atoms with Gasteiger partial charge in [0.2, 0.25) is 0 Å². The van der Waals surface area contributed by atoms with Crippen LogP contribution in [0.2, 0.25) is 0 Å². The van der Waals surface area contributed by atoms with Crippen molar-refractivity contribution < 1.29 is 9.47 Å². The summed E-state index contributed by atoms with van der Waals surface area (Å²) in [4.78, 5) is 0. The molecule has 1 fully saturated rings. The molecule has 0 spiro atoms. The second-order valence-corrected chi connectivity index (χ2v) is 7.06. The molecule has 1 heterocycles. The van der Waals surface area contributed by atoms with Gasteiger partial charge in [0, 0.05) is 26.1 Å². The summed E-state index contributed by atoms with van der Waals surface area (Å²) >= 11 is 0. The Hall–Kier alpha value is -0.520. The first-order chi connectivity index (χ1) is 11.9. The fourth-order valence-electron chi connectivity index (χ4n) is 3.07. The van der Waals surface area contributed by atoms with Crippen LogP contribution in [0.4, 0.5) is 0 Å². The van der Waals surface area contributed by atoms with Gasteiger partial charge in [0.15, 0.2) is 6.29 Å². The van der Waals surface area contributed by atoms with Crippen LogP contribution in [0, 0.1) is 11.8 Å². The first kappa shape index (κ1) is 21.5. The van der Waals surface area contributed by atoms with E-state index in [-0.39, 0.29) is 6.29 Å². The van der Waals surface area contributed by atoms with Gasteiger partial charge < -0.3 is 9.47 Å². The molecule has 24 heavy (non-hydrogen) atoms. The Morgan fingerprint density at radius 3 is 2.04 bits per heavy atom. The van der Waals surface area contributed by atoms with Crippen LogP contribution >= 0.6 is 0 Å². The van der Waals surface area contributed by atoms with E-state index < -0.39 is 0 Å². The third kappa shape index (κ3) is 13.9. The van der Waals surface area contributed by atoms with Gasteiger partial charge in [-0.05, 0) is 38.5 Å². The van der Waals surface area contributed by atoms with Crippen LogP contribution in [-0.4, -0.2) is 19.5 Å². The van der Waals surface area contributed by atoms with Crippen molar-refractivity contribution in [3.63, 3.8) is 0 Å². The van der Waals surface area contributed by atoms with E-state index in [1.54, 1.807) is 0 Å². The lowest BCUT2D eigenvalue weighted by Crippen LogP contribution is -2.22. The van der Waals surface area contributed by atoms with Gasteiger partial charge >= 0.3 is 0 Å². The Balaban J connectivity index is 1.71. The summed E-state index contributed by atoms with van der Waals surface area (Å²) < 4.78 is 11.3. The van der Waals surface area contributed by atoms with Gasteiger partial charge in [-0.15, -0.1) is 11.8 Å². The van der Waals surface area contributed by atoms with Gasteiger partial charge in [0.1, 0.15) is 0 Å². The van der Waals surface area contributed by atoms with E-state index in [2.05, 4.69) is 18.8 Å². The van der Waals surface area contributed by atoms with Gasteiger partial charge in [-0.25, -0.2) is 0 Å². The predicted octanol–water partition coefficient (Wildman–Crippen LogP) is 6.62.